The van der Waals surface area contributed by atoms with Crippen molar-refractivity contribution in [3.8, 4) is 0 Å². The monoisotopic (exact) mass is 448 g/mol. The van der Waals surface area contributed by atoms with Crippen molar-refractivity contribution < 1.29 is 14.3 Å². The molecule has 1 aromatic heterocycles. The Morgan fingerprint density at radius 2 is 1.90 bits per heavy atom. The molecule has 3 rings (SSSR count). The van der Waals surface area contributed by atoms with Gasteiger partial charge in [-0.15, -0.1) is 11.3 Å². The number of rotatable bonds is 5. The predicted molar refractivity (Wildman–Crippen MR) is 121 cm³/mol. The normalized spacial score (nSPS) is 16.2. The van der Waals surface area contributed by atoms with Gasteiger partial charge in [-0.05, 0) is 57.6 Å². The van der Waals surface area contributed by atoms with E-state index in [9.17, 15) is 9.59 Å². The number of thiophene rings is 1. The first-order chi connectivity index (χ1) is 14.2. The molecule has 1 atom stereocenters. The number of hydrogen-bond donors (Lipinski definition) is 1. The van der Waals surface area contributed by atoms with Crippen molar-refractivity contribution in [1.82, 2.24) is 10.2 Å². The van der Waals surface area contributed by atoms with Gasteiger partial charge in [0.2, 0.25) is 0 Å². The molecule has 1 N–H and O–H groups in total. The number of nitrogens with zero attached hydrogens (tertiary/aromatic N) is 1. The average molecular weight is 449 g/mol. The van der Waals surface area contributed by atoms with E-state index in [1.165, 1.54) is 11.3 Å². The highest BCUT2D eigenvalue weighted by Crippen LogP contribution is 2.30. The summed E-state index contributed by atoms with van der Waals surface area (Å²) in [5.74, 6) is 0.304. The predicted octanol–water partition coefficient (Wildman–Crippen LogP) is 5.91. The molecule has 5 nitrogen and oxygen atoms in total. The highest BCUT2D eigenvalue weighted by atomic mass is 35.5. The quantitative estimate of drug-likeness (QED) is 0.618. The molecule has 2 heterocycles. The third-order valence-electron chi connectivity index (χ3n) is 5.17. The van der Waals surface area contributed by atoms with Gasteiger partial charge >= 0.3 is 6.09 Å². The van der Waals surface area contributed by atoms with Crippen LogP contribution in [0.15, 0.2) is 41.8 Å². The van der Waals surface area contributed by atoms with Crippen molar-refractivity contribution >= 4 is 34.9 Å². The standard InChI is InChI=1S/C23H29ClN2O3S/c1-23(2,3)29-22(28)26-11-9-16(10-12-26)13-19(17-7-5-4-6-8-17)25-21(27)18-14-20(24)30-15-18/h4-8,14-16,19H,9-13H2,1-3H3,(H,25,27). The minimum atomic E-state index is -0.485. The van der Waals surface area contributed by atoms with E-state index in [0.717, 1.165) is 24.8 Å². The van der Waals surface area contributed by atoms with Crippen LogP contribution in [0.25, 0.3) is 0 Å². The fourth-order valence-corrected chi connectivity index (χ4v) is 4.51. The third kappa shape index (κ3) is 6.47. The fraction of sp³-hybridized carbons (Fsp3) is 0.478. The molecule has 7 heteroatoms. The summed E-state index contributed by atoms with van der Waals surface area (Å²) >= 11 is 7.34. The topological polar surface area (TPSA) is 58.6 Å². The summed E-state index contributed by atoms with van der Waals surface area (Å²) < 4.78 is 6.09. The lowest BCUT2D eigenvalue weighted by Gasteiger charge is -2.35. The third-order valence-corrected chi connectivity index (χ3v) is 6.26. The number of carbonyl (C=O) groups is 2. The molecular weight excluding hydrogens is 420 g/mol. The summed E-state index contributed by atoms with van der Waals surface area (Å²) in [4.78, 5) is 26.8. The van der Waals surface area contributed by atoms with E-state index >= 15 is 0 Å². The average Bonchev–Trinajstić information content (AvgIpc) is 3.14. The summed E-state index contributed by atoms with van der Waals surface area (Å²) in [5, 5.41) is 4.96. The first kappa shape index (κ1) is 22.6. The van der Waals surface area contributed by atoms with E-state index in [1.807, 2.05) is 51.1 Å². The number of hydrogen-bond acceptors (Lipinski definition) is 4. The highest BCUT2D eigenvalue weighted by molar-refractivity contribution is 7.14. The molecule has 0 spiro atoms. The molecule has 0 aliphatic carbocycles. The SMILES string of the molecule is CC(C)(C)OC(=O)N1CCC(CC(NC(=O)c2csc(Cl)c2)c2ccccc2)CC1. The smallest absolute Gasteiger partial charge is 0.410 e. The zero-order valence-corrected chi connectivity index (χ0v) is 19.3. The number of carbonyl (C=O) groups excluding carboxylic acids is 2. The maximum absolute atomic E-state index is 12.7. The lowest BCUT2D eigenvalue weighted by molar-refractivity contribution is 0.0178. The number of benzene rings is 1. The molecule has 0 bridgehead atoms. The summed E-state index contributed by atoms with van der Waals surface area (Å²) in [6.45, 7) is 6.99. The Labute approximate surface area is 187 Å². The zero-order valence-electron chi connectivity index (χ0n) is 17.7. The van der Waals surface area contributed by atoms with E-state index in [0.29, 0.717) is 28.9 Å². The summed E-state index contributed by atoms with van der Waals surface area (Å²) in [5.41, 5.74) is 1.19. The second-order valence-corrected chi connectivity index (χ2v) is 10.3. The molecule has 0 radical (unpaired) electrons. The number of nitrogens with one attached hydrogen (secondary N) is 1. The molecule has 2 aromatic rings. The van der Waals surface area contributed by atoms with Crippen molar-refractivity contribution in [2.24, 2.45) is 5.92 Å². The van der Waals surface area contributed by atoms with Gasteiger partial charge in [0.15, 0.2) is 0 Å². The molecule has 0 saturated carbocycles. The Balaban J connectivity index is 1.62. The summed E-state index contributed by atoms with van der Waals surface area (Å²) in [6, 6.07) is 11.6. The first-order valence-electron chi connectivity index (χ1n) is 10.3. The maximum atomic E-state index is 12.7. The molecule has 1 aromatic carbocycles. The summed E-state index contributed by atoms with van der Waals surface area (Å²) in [6.07, 6.45) is 2.37. The van der Waals surface area contributed by atoms with E-state index in [2.05, 4.69) is 5.32 Å². The van der Waals surface area contributed by atoms with E-state index in [1.54, 1.807) is 16.3 Å². The molecule has 1 aliphatic heterocycles. The number of halogens is 1. The van der Waals surface area contributed by atoms with Crippen LogP contribution in [0.5, 0.6) is 0 Å². The van der Waals surface area contributed by atoms with Crippen LogP contribution < -0.4 is 5.32 Å². The van der Waals surface area contributed by atoms with Gasteiger partial charge in [0, 0.05) is 18.5 Å². The van der Waals surface area contributed by atoms with Crippen LogP contribution in [0.3, 0.4) is 0 Å². The van der Waals surface area contributed by atoms with Gasteiger partial charge in [0.1, 0.15) is 5.60 Å². The Morgan fingerprint density at radius 1 is 1.23 bits per heavy atom. The largest absolute Gasteiger partial charge is 0.444 e. The van der Waals surface area contributed by atoms with Crippen LogP contribution in [0, 0.1) is 5.92 Å². The lowest BCUT2D eigenvalue weighted by atomic mass is 9.87. The van der Waals surface area contributed by atoms with Gasteiger partial charge in [0.05, 0.1) is 15.9 Å². The van der Waals surface area contributed by atoms with Crippen molar-refractivity contribution in [3.63, 3.8) is 0 Å². The maximum Gasteiger partial charge on any atom is 0.410 e. The minimum absolute atomic E-state index is 0.0875. The minimum Gasteiger partial charge on any atom is -0.444 e. The van der Waals surface area contributed by atoms with Gasteiger partial charge in [-0.25, -0.2) is 4.79 Å². The van der Waals surface area contributed by atoms with Crippen LogP contribution >= 0.6 is 22.9 Å². The molecule has 1 unspecified atom stereocenters. The number of ether oxygens (including phenoxy) is 1. The van der Waals surface area contributed by atoms with Crippen molar-refractivity contribution in [2.45, 2.75) is 51.7 Å². The van der Waals surface area contributed by atoms with Crippen LogP contribution in [-0.2, 0) is 4.74 Å². The fourth-order valence-electron chi connectivity index (χ4n) is 3.65. The van der Waals surface area contributed by atoms with E-state index < -0.39 is 5.60 Å². The number of piperidine rings is 1. The van der Waals surface area contributed by atoms with Crippen molar-refractivity contribution in [1.29, 1.82) is 0 Å². The molecule has 162 valence electrons. The van der Waals surface area contributed by atoms with Gasteiger partial charge < -0.3 is 15.0 Å². The van der Waals surface area contributed by atoms with Gasteiger partial charge in [-0.1, -0.05) is 41.9 Å². The molecule has 1 saturated heterocycles. The number of likely N-dealkylation sites (tertiary alicyclic amines) is 1. The van der Waals surface area contributed by atoms with E-state index in [4.69, 9.17) is 16.3 Å². The van der Waals surface area contributed by atoms with Gasteiger partial charge in [-0.2, -0.15) is 0 Å². The number of amides is 2. The van der Waals surface area contributed by atoms with Crippen LogP contribution in [0.1, 0.15) is 62.0 Å². The Bertz CT molecular complexity index is 855. The summed E-state index contributed by atoms with van der Waals surface area (Å²) in [7, 11) is 0. The molecule has 1 aliphatic rings. The lowest BCUT2D eigenvalue weighted by Crippen LogP contribution is -2.42. The Hall–Kier alpha value is -2.05. The van der Waals surface area contributed by atoms with Gasteiger partial charge in [0.25, 0.3) is 5.91 Å². The zero-order chi connectivity index (χ0) is 21.7. The van der Waals surface area contributed by atoms with Crippen LogP contribution in [0.4, 0.5) is 4.79 Å². The molecular formula is C23H29ClN2O3S. The first-order valence-corrected chi connectivity index (χ1v) is 11.5. The molecule has 2 amide bonds. The van der Waals surface area contributed by atoms with Crippen LogP contribution in [-0.4, -0.2) is 35.6 Å². The van der Waals surface area contributed by atoms with E-state index in [-0.39, 0.29) is 18.0 Å². The van der Waals surface area contributed by atoms with Crippen molar-refractivity contribution in [3.05, 3.63) is 57.2 Å². The van der Waals surface area contributed by atoms with Crippen LogP contribution in [0.2, 0.25) is 4.34 Å². The second kappa shape index (κ2) is 9.84. The highest BCUT2D eigenvalue weighted by Gasteiger charge is 2.29. The Morgan fingerprint density at radius 3 is 2.47 bits per heavy atom. The second-order valence-electron chi connectivity index (χ2n) is 8.72. The van der Waals surface area contributed by atoms with Crippen molar-refractivity contribution in [2.75, 3.05) is 13.1 Å². The van der Waals surface area contributed by atoms with Gasteiger partial charge in [-0.3, -0.25) is 4.79 Å². The molecule has 1 fully saturated rings. The molecule has 30 heavy (non-hydrogen) atoms. The Kier molecular flexibility index (Phi) is 7.42.